The van der Waals surface area contributed by atoms with Gasteiger partial charge >= 0.3 is 5.97 Å². The lowest BCUT2D eigenvalue weighted by molar-refractivity contribution is -0.144. The number of ether oxygens (including phenoxy) is 1. The molecule has 0 amide bonds. The molecule has 2 heterocycles. The van der Waals surface area contributed by atoms with E-state index in [1.54, 1.807) is 12.4 Å². The second-order valence-electron chi connectivity index (χ2n) is 4.50. The van der Waals surface area contributed by atoms with Crippen molar-refractivity contribution in [1.29, 1.82) is 0 Å². The minimum Gasteiger partial charge on any atom is -0.465 e. The summed E-state index contributed by atoms with van der Waals surface area (Å²) in [7, 11) is 0. The van der Waals surface area contributed by atoms with E-state index in [0.29, 0.717) is 18.8 Å². The fraction of sp³-hybridized carbons (Fsp3) is 0.538. The molecule has 19 heavy (non-hydrogen) atoms. The molecule has 0 atom stereocenters. The molecular formula is C13H20N4O2. The Morgan fingerprint density at radius 2 is 2.16 bits per heavy atom. The zero-order chi connectivity index (χ0) is 13.7. The van der Waals surface area contributed by atoms with Crippen LogP contribution in [0.4, 0.5) is 11.4 Å². The van der Waals surface area contributed by atoms with Crippen molar-refractivity contribution in [2.75, 3.05) is 50.0 Å². The molecule has 0 saturated carbocycles. The van der Waals surface area contributed by atoms with Crippen LogP contribution in [0.15, 0.2) is 18.5 Å². The van der Waals surface area contributed by atoms with Crippen LogP contribution in [-0.4, -0.2) is 55.2 Å². The van der Waals surface area contributed by atoms with Crippen LogP contribution in [0.5, 0.6) is 0 Å². The molecular weight excluding hydrogens is 244 g/mol. The lowest BCUT2D eigenvalue weighted by Gasteiger charge is -2.35. The number of anilines is 2. The summed E-state index contributed by atoms with van der Waals surface area (Å²) >= 11 is 0. The first-order valence-electron chi connectivity index (χ1n) is 6.53. The highest BCUT2D eigenvalue weighted by atomic mass is 16.5. The molecule has 0 spiro atoms. The van der Waals surface area contributed by atoms with Crippen LogP contribution in [-0.2, 0) is 9.53 Å². The van der Waals surface area contributed by atoms with E-state index in [4.69, 9.17) is 10.5 Å². The zero-order valence-electron chi connectivity index (χ0n) is 11.2. The van der Waals surface area contributed by atoms with Gasteiger partial charge in [-0.15, -0.1) is 0 Å². The maximum atomic E-state index is 11.4. The Hall–Kier alpha value is -1.82. The van der Waals surface area contributed by atoms with Crippen molar-refractivity contribution >= 4 is 17.3 Å². The Labute approximate surface area is 113 Å². The highest BCUT2D eigenvalue weighted by Crippen LogP contribution is 2.22. The number of carbonyl (C=O) groups excluding carboxylic acids is 1. The van der Waals surface area contributed by atoms with E-state index in [2.05, 4.69) is 14.8 Å². The van der Waals surface area contributed by atoms with E-state index >= 15 is 0 Å². The number of esters is 1. The molecule has 104 valence electrons. The summed E-state index contributed by atoms with van der Waals surface area (Å²) in [5.41, 5.74) is 7.63. The first kappa shape index (κ1) is 13.6. The van der Waals surface area contributed by atoms with Crippen LogP contribution in [0, 0.1) is 0 Å². The molecule has 2 rings (SSSR count). The second-order valence-corrected chi connectivity index (χ2v) is 4.50. The summed E-state index contributed by atoms with van der Waals surface area (Å²) in [5.74, 6) is -0.153. The van der Waals surface area contributed by atoms with E-state index in [-0.39, 0.29) is 5.97 Å². The summed E-state index contributed by atoms with van der Waals surface area (Å²) in [5, 5.41) is 0. The SMILES string of the molecule is CCOC(=O)CN1CCN(c2ccncc2N)CC1. The van der Waals surface area contributed by atoms with Gasteiger partial charge in [0.05, 0.1) is 30.7 Å². The number of nitrogens with two attached hydrogens (primary N) is 1. The molecule has 0 bridgehead atoms. The minimum absolute atomic E-state index is 0.153. The number of rotatable bonds is 4. The third-order valence-corrected chi connectivity index (χ3v) is 3.20. The Bertz CT molecular complexity index is 430. The Balaban J connectivity index is 1.86. The van der Waals surface area contributed by atoms with Crippen molar-refractivity contribution in [3.8, 4) is 0 Å². The van der Waals surface area contributed by atoms with Crippen LogP contribution >= 0.6 is 0 Å². The predicted molar refractivity (Wildman–Crippen MR) is 73.9 cm³/mol. The Morgan fingerprint density at radius 3 is 2.79 bits per heavy atom. The highest BCUT2D eigenvalue weighted by molar-refractivity contribution is 5.71. The Morgan fingerprint density at radius 1 is 1.42 bits per heavy atom. The molecule has 6 heteroatoms. The largest absolute Gasteiger partial charge is 0.465 e. The van der Waals surface area contributed by atoms with Gasteiger partial charge < -0.3 is 15.4 Å². The first-order chi connectivity index (χ1) is 9.20. The summed E-state index contributed by atoms with van der Waals surface area (Å²) in [6, 6.07) is 1.93. The van der Waals surface area contributed by atoms with Gasteiger partial charge in [-0.2, -0.15) is 0 Å². The summed E-state index contributed by atoms with van der Waals surface area (Å²) in [6.45, 7) is 6.00. The maximum Gasteiger partial charge on any atom is 0.320 e. The van der Waals surface area contributed by atoms with Gasteiger partial charge in [0.25, 0.3) is 0 Å². The molecule has 1 aliphatic rings. The van der Waals surface area contributed by atoms with Gasteiger partial charge in [-0.1, -0.05) is 0 Å². The zero-order valence-corrected chi connectivity index (χ0v) is 11.2. The third kappa shape index (κ3) is 3.57. The quantitative estimate of drug-likeness (QED) is 0.791. The van der Waals surface area contributed by atoms with Crippen molar-refractivity contribution in [2.24, 2.45) is 0 Å². The fourth-order valence-corrected chi connectivity index (χ4v) is 2.22. The molecule has 0 radical (unpaired) electrons. The van der Waals surface area contributed by atoms with Crippen LogP contribution in [0.25, 0.3) is 0 Å². The number of carbonyl (C=O) groups is 1. The highest BCUT2D eigenvalue weighted by Gasteiger charge is 2.20. The van der Waals surface area contributed by atoms with Gasteiger partial charge in [-0.3, -0.25) is 14.7 Å². The molecule has 0 unspecified atom stereocenters. The number of nitrogen functional groups attached to an aromatic ring is 1. The molecule has 1 aromatic rings. The van der Waals surface area contributed by atoms with E-state index in [9.17, 15) is 4.79 Å². The van der Waals surface area contributed by atoms with Crippen molar-refractivity contribution < 1.29 is 9.53 Å². The number of hydrogen-bond donors (Lipinski definition) is 1. The van der Waals surface area contributed by atoms with Gasteiger partial charge in [0.1, 0.15) is 0 Å². The number of hydrogen-bond acceptors (Lipinski definition) is 6. The fourth-order valence-electron chi connectivity index (χ4n) is 2.22. The molecule has 1 aliphatic heterocycles. The van der Waals surface area contributed by atoms with E-state index in [0.717, 1.165) is 31.9 Å². The van der Waals surface area contributed by atoms with E-state index < -0.39 is 0 Å². The lowest BCUT2D eigenvalue weighted by atomic mass is 10.2. The molecule has 2 N–H and O–H groups in total. The van der Waals surface area contributed by atoms with Gasteiger partial charge in [0.15, 0.2) is 0 Å². The standard InChI is InChI=1S/C13H20N4O2/c1-2-19-13(18)10-16-5-7-17(8-6-16)12-3-4-15-9-11(12)14/h3-4,9H,2,5-8,10,14H2,1H3. The average Bonchev–Trinajstić information content (AvgIpc) is 2.41. The van der Waals surface area contributed by atoms with Gasteiger partial charge in [-0.25, -0.2) is 0 Å². The summed E-state index contributed by atoms with van der Waals surface area (Å²) in [6.07, 6.45) is 3.41. The van der Waals surface area contributed by atoms with Crippen LogP contribution in [0.1, 0.15) is 6.92 Å². The summed E-state index contributed by atoms with van der Waals surface area (Å²) in [4.78, 5) is 19.7. The van der Waals surface area contributed by atoms with E-state index in [1.807, 2.05) is 13.0 Å². The number of piperazine rings is 1. The number of aromatic nitrogens is 1. The number of nitrogens with zero attached hydrogens (tertiary/aromatic N) is 3. The Kier molecular flexibility index (Phi) is 4.57. The van der Waals surface area contributed by atoms with Crippen molar-refractivity contribution in [2.45, 2.75) is 6.92 Å². The number of pyridine rings is 1. The van der Waals surface area contributed by atoms with Gasteiger partial charge in [-0.05, 0) is 13.0 Å². The minimum atomic E-state index is -0.153. The van der Waals surface area contributed by atoms with Crippen molar-refractivity contribution in [3.05, 3.63) is 18.5 Å². The van der Waals surface area contributed by atoms with Crippen molar-refractivity contribution in [3.63, 3.8) is 0 Å². The predicted octanol–water partition coefficient (Wildman–Crippen LogP) is 0.349. The third-order valence-electron chi connectivity index (χ3n) is 3.20. The molecule has 1 fully saturated rings. The second kappa shape index (κ2) is 6.38. The maximum absolute atomic E-state index is 11.4. The van der Waals surface area contributed by atoms with Crippen LogP contribution in [0.3, 0.4) is 0 Å². The first-order valence-corrected chi connectivity index (χ1v) is 6.53. The molecule has 0 aromatic carbocycles. The smallest absolute Gasteiger partial charge is 0.320 e. The normalized spacial score (nSPS) is 16.4. The van der Waals surface area contributed by atoms with E-state index in [1.165, 1.54) is 0 Å². The molecule has 1 aromatic heterocycles. The molecule has 0 aliphatic carbocycles. The topological polar surface area (TPSA) is 71.7 Å². The van der Waals surface area contributed by atoms with Crippen molar-refractivity contribution in [1.82, 2.24) is 9.88 Å². The summed E-state index contributed by atoms with van der Waals surface area (Å²) < 4.78 is 4.95. The average molecular weight is 264 g/mol. The lowest BCUT2D eigenvalue weighted by Crippen LogP contribution is -2.48. The van der Waals surface area contributed by atoms with Gasteiger partial charge in [0.2, 0.25) is 0 Å². The monoisotopic (exact) mass is 264 g/mol. The van der Waals surface area contributed by atoms with Gasteiger partial charge in [0, 0.05) is 32.4 Å². The molecule has 1 saturated heterocycles. The van der Waals surface area contributed by atoms with Crippen LogP contribution in [0.2, 0.25) is 0 Å². The molecule has 6 nitrogen and oxygen atoms in total. The van der Waals surface area contributed by atoms with Crippen LogP contribution < -0.4 is 10.6 Å².